The van der Waals surface area contributed by atoms with Crippen LogP contribution in [0.2, 0.25) is 0 Å². The Morgan fingerprint density at radius 1 is 0.931 bits per heavy atom. The molecule has 0 aromatic heterocycles. The van der Waals surface area contributed by atoms with E-state index in [0.717, 1.165) is 16.1 Å². The lowest BCUT2D eigenvalue weighted by atomic mass is 10.1. The van der Waals surface area contributed by atoms with Gasteiger partial charge in [-0.3, -0.25) is 4.79 Å². The highest BCUT2D eigenvalue weighted by Crippen LogP contribution is 2.18. The maximum absolute atomic E-state index is 13.1. The smallest absolute Gasteiger partial charge is 0.241 e. The number of hydrogen-bond donors (Lipinski definition) is 1. The van der Waals surface area contributed by atoms with Gasteiger partial charge in [0.2, 0.25) is 15.9 Å². The maximum Gasteiger partial charge on any atom is 0.241 e. The molecule has 1 atom stereocenters. The Labute approximate surface area is 171 Å². The third kappa shape index (κ3) is 4.36. The standard InChI is InChI=1S/C22H25N3O3S/c26-22(17-23-20-8-2-1-3-9-20)24-12-14-25(15-13-24)29(27,28)21-11-10-18-6-4-5-7-19(18)16-21/h1-10,16,21,23H,11-15,17H2. The molecule has 2 aromatic rings. The number of amides is 1. The van der Waals surface area contributed by atoms with Crippen LogP contribution >= 0.6 is 0 Å². The van der Waals surface area contributed by atoms with Crippen molar-refractivity contribution < 1.29 is 13.2 Å². The Balaban J connectivity index is 1.35. The minimum absolute atomic E-state index is 0.0163. The summed E-state index contributed by atoms with van der Waals surface area (Å²) in [5.74, 6) is -0.0163. The number of nitrogens with one attached hydrogen (secondary N) is 1. The molecular weight excluding hydrogens is 386 g/mol. The highest BCUT2D eigenvalue weighted by Gasteiger charge is 2.33. The minimum Gasteiger partial charge on any atom is -0.376 e. The van der Waals surface area contributed by atoms with E-state index < -0.39 is 15.3 Å². The molecule has 29 heavy (non-hydrogen) atoms. The van der Waals surface area contributed by atoms with E-state index in [2.05, 4.69) is 5.32 Å². The number of benzene rings is 2. The molecule has 0 bridgehead atoms. The Bertz CT molecular complexity index is 1090. The van der Waals surface area contributed by atoms with Gasteiger partial charge in [0.25, 0.3) is 0 Å². The van der Waals surface area contributed by atoms with Gasteiger partial charge in [-0.1, -0.05) is 54.6 Å². The van der Waals surface area contributed by atoms with Gasteiger partial charge in [0.1, 0.15) is 0 Å². The van der Waals surface area contributed by atoms with Crippen LogP contribution in [0, 0.1) is 0 Å². The molecule has 4 rings (SSSR count). The molecule has 6 nitrogen and oxygen atoms in total. The van der Waals surface area contributed by atoms with Crippen LogP contribution in [0.3, 0.4) is 0 Å². The molecule has 7 heteroatoms. The summed E-state index contributed by atoms with van der Waals surface area (Å²) in [5.41, 5.74) is 0.895. The number of nitrogens with zero attached hydrogens (tertiary/aromatic N) is 2. The number of hydrogen-bond acceptors (Lipinski definition) is 4. The van der Waals surface area contributed by atoms with Gasteiger partial charge >= 0.3 is 0 Å². The van der Waals surface area contributed by atoms with Gasteiger partial charge in [0, 0.05) is 31.9 Å². The highest BCUT2D eigenvalue weighted by molar-refractivity contribution is 7.90. The van der Waals surface area contributed by atoms with Crippen molar-refractivity contribution in [1.82, 2.24) is 9.21 Å². The van der Waals surface area contributed by atoms with E-state index >= 15 is 0 Å². The fourth-order valence-electron chi connectivity index (χ4n) is 3.80. The van der Waals surface area contributed by atoms with Crippen molar-refractivity contribution in [2.45, 2.75) is 11.7 Å². The molecule has 1 fully saturated rings. The summed E-state index contributed by atoms with van der Waals surface area (Å²) in [5, 5.41) is 4.62. The first-order chi connectivity index (χ1) is 14.0. The van der Waals surface area contributed by atoms with Crippen molar-refractivity contribution in [2.24, 2.45) is 0 Å². The van der Waals surface area contributed by atoms with Gasteiger partial charge in [0.05, 0.1) is 11.8 Å². The first-order valence-electron chi connectivity index (χ1n) is 9.87. The van der Waals surface area contributed by atoms with Crippen LogP contribution in [-0.2, 0) is 14.8 Å². The zero-order valence-electron chi connectivity index (χ0n) is 16.2. The van der Waals surface area contributed by atoms with Crippen molar-refractivity contribution in [3.05, 3.63) is 65.0 Å². The van der Waals surface area contributed by atoms with Crippen LogP contribution in [0.15, 0.2) is 54.6 Å². The Morgan fingerprint density at radius 2 is 1.59 bits per heavy atom. The molecule has 0 saturated carbocycles. The summed E-state index contributed by atoms with van der Waals surface area (Å²) in [6.07, 6.45) is 4.33. The molecule has 1 unspecified atom stereocenters. The lowest BCUT2D eigenvalue weighted by Crippen LogP contribution is -2.53. The number of anilines is 1. The summed E-state index contributed by atoms with van der Waals surface area (Å²) < 4.78 is 27.7. The van der Waals surface area contributed by atoms with Crippen molar-refractivity contribution >= 4 is 33.8 Å². The van der Waals surface area contributed by atoms with E-state index in [9.17, 15) is 13.2 Å². The number of fused-ring (bicyclic) bond motifs is 1. The topological polar surface area (TPSA) is 69.7 Å². The third-order valence-corrected chi connectivity index (χ3v) is 7.66. The number of rotatable bonds is 5. The van der Waals surface area contributed by atoms with Gasteiger partial charge < -0.3 is 10.2 Å². The lowest BCUT2D eigenvalue weighted by molar-refractivity contribution is -0.130. The monoisotopic (exact) mass is 411 g/mol. The number of para-hydroxylation sites is 1. The molecule has 1 saturated heterocycles. The Hall–Kier alpha value is -2.64. The number of carbonyl (C=O) groups excluding carboxylic acids is 1. The molecule has 0 radical (unpaired) electrons. The molecule has 1 amide bonds. The van der Waals surface area contributed by atoms with E-state index in [1.54, 1.807) is 4.90 Å². The van der Waals surface area contributed by atoms with Gasteiger partial charge in [0.15, 0.2) is 0 Å². The van der Waals surface area contributed by atoms with E-state index in [4.69, 9.17) is 0 Å². The van der Waals surface area contributed by atoms with E-state index in [0.29, 0.717) is 32.6 Å². The largest absolute Gasteiger partial charge is 0.376 e. The second kappa shape index (κ2) is 8.39. The first-order valence-corrected chi connectivity index (χ1v) is 11.4. The van der Waals surface area contributed by atoms with Crippen molar-refractivity contribution in [2.75, 3.05) is 38.0 Å². The molecule has 0 spiro atoms. The maximum atomic E-state index is 13.1. The molecule has 152 valence electrons. The zero-order valence-corrected chi connectivity index (χ0v) is 17.0. The summed E-state index contributed by atoms with van der Waals surface area (Å²) in [4.78, 5) is 14.2. The van der Waals surface area contributed by atoms with Crippen LogP contribution < -0.4 is 15.8 Å². The average molecular weight is 412 g/mol. The number of piperazine rings is 1. The molecule has 1 N–H and O–H groups in total. The lowest BCUT2D eigenvalue weighted by Gasteiger charge is -2.35. The minimum atomic E-state index is -3.44. The quantitative estimate of drug-likeness (QED) is 0.783. The second-order valence-electron chi connectivity index (χ2n) is 7.32. The summed E-state index contributed by atoms with van der Waals surface area (Å²) in [7, 11) is -3.44. The Morgan fingerprint density at radius 3 is 2.31 bits per heavy atom. The molecule has 1 heterocycles. The fourth-order valence-corrected chi connectivity index (χ4v) is 5.51. The first kappa shape index (κ1) is 19.7. The normalized spacial score (nSPS) is 19.6. The van der Waals surface area contributed by atoms with Crippen LogP contribution in [0.1, 0.15) is 6.42 Å². The average Bonchev–Trinajstić information content (AvgIpc) is 2.78. The van der Waals surface area contributed by atoms with Crippen molar-refractivity contribution in [3.63, 3.8) is 0 Å². The fraction of sp³-hybridized carbons (Fsp3) is 0.318. The Kier molecular flexibility index (Phi) is 5.69. The molecular formula is C22H25N3O3S. The molecule has 1 aliphatic carbocycles. The SMILES string of the molecule is O=C(CNc1ccccc1)N1CCN(S(=O)(=O)C2C=c3ccccc3=CC2)CC1. The number of sulfonamides is 1. The van der Waals surface area contributed by atoms with E-state index in [1.165, 1.54) is 4.31 Å². The zero-order chi connectivity index (χ0) is 20.3. The van der Waals surface area contributed by atoms with Crippen LogP contribution in [0.25, 0.3) is 12.2 Å². The summed E-state index contributed by atoms with van der Waals surface area (Å²) in [6.45, 7) is 1.72. The number of carbonyl (C=O) groups is 1. The predicted octanol–water partition coefficient (Wildman–Crippen LogP) is 0.606. The van der Waals surface area contributed by atoms with Gasteiger partial charge in [-0.2, -0.15) is 4.31 Å². The van der Waals surface area contributed by atoms with E-state index in [1.807, 2.05) is 66.7 Å². The van der Waals surface area contributed by atoms with Gasteiger partial charge in [-0.15, -0.1) is 0 Å². The van der Waals surface area contributed by atoms with Crippen LogP contribution in [0.4, 0.5) is 5.69 Å². The summed E-state index contributed by atoms with van der Waals surface area (Å²) >= 11 is 0. The second-order valence-corrected chi connectivity index (χ2v) is 9.47. The third-order valence-electron chi connectivity index (χ3n) is 5.48. The van der Waals surface area contributed by atoms with Gasteiger partial charge in [-0.25, -0.2) is 8.42 Å². The molecule has 2 aromatic carbocycles. The van der Waals surface area contributed by atoms with E-state index in [-0.39, 0.29) is 12.5 Å². The predicted molar refractivity (Wildman–Crippen MR) is 115 cm³/mol. The van der Waals surface area contributed by atoms with Crippen LogP contribution in [-0.4, -0.2) is 61.5 Å². The highest BCUT2D eigenvalue weighted by atomic mass is 32.2. The van der Waals surface area contributed by atoms with Gasteiger partial charge in [-0.05, 0) is 29.0 Å². The molecule has 1 aliphatic heterocycles. The molecule has 2 aliphatic rings. The van der Waals surface area contributed by atoms with Crippen LogP contribution in [0.5, 0.6) is 0 Å². The van der Waals surface area contributed by atoms with Crippen molar-refractivity contribution in [1.29, 1.82) is 0 Å². The summed E-state index contributed by atoms with van der Waals surface area (Å²) in [6, 6.07) is 17.4. The van der Waals surface area contributed by atoms with Crippen molar-refractivity contribution in [3.8, 4) is 0 Å².